The fourth-order valence-corrected chi connectivity index (χ4v) is 3.17. The molecular formula is C10H13BrN2O2S. The molecule has 0 bridgehead atoms. The minimum atomic E-state index is -0.0913. The molecular weight excluding hydrogens is 292 g/mol. The Morgan fingerprint density at radius 2 is 2.56 bits per heavy atom. The van der Waals surface area contributed by atoms with Crippen LogP contribution >= 0.6 is 27.3 Å². The van der Waals surface area contributed by atoms with Gasteiger partial charge in [-0.15, -0.1) is 11.3 Å². The molecule has 1 N–H and O–H groups in total. The van der Waals surface area contributed by atoms with Crippen molar-refractivity contribution in [3.8, 4) is 0 Å². The van der Waals surface area contributed by atoms with Gasteiger partial charge in [0.1, 0.15) is 5.69 Å². The van der Waals surface area contributed by atoms with Gasteiger partial charge in [0.2, 0.25) is 0 Å². The monoisotopic (exact) mass is 304 g/mol. The van der Waals surface area contributed by atoms with Crippen LogP contribution in [0.2, 0.25) is 0 Å². The molecule has 1 aliphatic rings. The van der Waals surface area contributed by atoms with Crippen LogP contribution in [0.3, 0.4) is 0 Å². The molecule has 1 unspecified atom stereocenters. The Labute approximate surface area is 107 Å². The van der Waals surface area contributed by atoms with Crippen LogP contribution in [0.1, 0.15) is 21.8 Å². The van der Waals surface area contributed by atoms with Crippen LogP contribution in [-0.4, -0.2) is 30.6 Å². The normalized spacial score (nSPS) is 20.0. The van der Waals surface area contributed by atoms with E-state index in [9.17, 15) is 4.79 Å². The number of halogens is 1. The van der Waals surface area contributed by atoms with E-state index in [4.69, 9.17) is 4.74 Å². The van der Waals surface area contributed by atoms with E-state index in [1.165, 1.54) is 11.3 Å². The zero-order chi connectivity index (χ0) is 11.5. The molecule has 1 aromatic rings. The van der Waals surface area contributed by atoms with Gasteiger partial charge in [0.15, 0.2) is 3.92 Å². The summed E-state index contributed by atoms with van der Waals surface area (Å²) in [6, 6.07) is 0. The predicted molar refractivity (Wildman–Crippen MR) is 65.8 cm³/mol. The summed E-state index contributed by atoms with van der Waals surface area (Å²) in [7, 11) is 0. The van der Waals surface area contributed by atoms with Gasteiger partial charge >= 0.3 is 0 Å². The molecule has 0 aromatic carbocycles. The third-order valence-electron chi connectivity index (χ3n) is 2.56. The number of aryl methyl sites for hydroxylation is 1. The molecule has 0 radical (unpaired) electrons. The smallest absolute Gasteiger partial charge is 0.271 e. The van der Waals surface area contributed by atoms with Crippen molar-refractivity contribution in [3.63, 3.8) is 0 Å². The fourth-order valence-electron chi connectivity index (χ4n) is 1.64. The van der Waals surface area contributed by atoms with Crippen molar-refractivity contribution >= 4 is 33.2 Å². The van der Waals surface area contributed by atoms with Crippen LogP contribution in [0.15, 0.2) is 3.92 Å². The number of nitrogens with zero attached hydrogens (tertiary/aromatic N) is 1. The van der Waals surface area contributed by atoms with Gasteiger partial charge in [-0.05, 0) is 29.3 Å². The highest BCUT2D eigenvalue weighted by atomic mass is 79.9. The van der Waals surface area contributed by atoms with E-state index < -0.39 is 0 Å². The van der Waals surface area contributed by atoms with Gasteiger partial charge in [0, 0.05) is 23.9 Å². The van der Waals surface area contributed by atoms with Gasteiger partial charge in [-0.2, -0.15) is 0 Å². The summed E-state index contributed by atoms with van der Waals surface area (Å²) in [6.07, 6.45) is 1.03. The minimum absolute atomic E-state index is 0.0913. The number of rotatable bonds is 3. The van der Waals surface area contributed by atoms with Crippen LogP contribution in [0.5, 0.6) is 0 Å². The molecule has 4 nitrogen and oxygen atoms in total. The van der Waals surface area contributed by atoms with Crippen molar-refractivity contribution in [2.45, 2.75) is 13.3 Å². The van der Waals surface area contributed by atoms with E-state index in [1.807, 2.05) is 6.92 Å². The van der Waals surface area contributed by atoms with Gasteiger partial charge < -0.3 is 10.1 Å². The lowest BCUT2D eigenvalue weighted by Gasteiger charge is -2.08. The Morgan fingerprint density at radius 3 is 3.12 bits per heavy atom. The minimum Gasteiger partial charge on any atom is -0.381 e. The highest BCUT2D eigenvalue weighted by molar-refractivity contribution is 9.11. The summed E-state index contributed by atoms with van der Waals surface area (Å²) >= 11 is 4.75. The molecule has 1 saturated heterocycles. The molecule has 1 aliphatic heterocycles. The van der Waals surface area contributed by atoms with E-state index in [0.29, 0.717) is 18.2 Å². The van der Waals surface area contributed by atoms with Gasteiger partial charge in [0.05, 0.1) is 6.61 Å². The Balaban J connectivity index is 1.90. The molecule has 2 heterocycles. The standard InChI is InChI=1S/C10H13BrN2O2S/c1-6-8(13-10(11)16-6)9(14)12-4-7-2-3-15-5-7/h7H,2-5H2,1H3,(H,12,14). The summed E-state index contributed by atoms with van der Waals surface area (Å²) < 4.78 is 6.00. The van der Waals surface area contributed by atoms with Crippen molar-refractivity contribution in [1.29, 1.82) is 0 Å². The number of aromatic nitrogens is 1. The van der Waals surface area contributed by atoms with Gasteiger partial charge in [-0.25, -0.2) is 4.98 Å². The molecule has 1 amide bonds. The second kappa shape index (κ2) is 5.25. The summed E-state index contributed by atoms with van der Waals surface area (Å²) in [5.41, 5.74) is 0.524. The number of thiazole rings is 1. The maximum atomic E-state index is 11.8. The second-order valence-electron chi connectivity index (χ2n) is 3.81. The summed E-state index contributed by atoms with van der Waals surface area (Å²) in [4.78, 5) is 16.9. The molecule has 6 heteroatoms. The SMILES string of the molecule is Cc1sc(Br)nc1C(=O)NCC1CCOC1. The maximum Gasteiger partial charge on any atom is 0.271 e. The van der Waals surface area contributed by atoms with Gasteiger partial charge in [-0.1, -0.05) is 0 Å². The van der Waals surface area contributed by atoms with E-state index in [0.717, 1.165) is 28.4 Å². The first-order valence-electron chi connectivity index (χ1n) is 5.15. The molecule has 0 aliphatic carbocycles. The first-order chi connectivity index (χ1) is 7.66. The number of carbonyl (C=O) groups is 1. The van der Waals surface area contributed by atoms with Crippen molar-refractivity contribution in [3.05, 3.63) is 14.5 Å². The Kier molecular flexibility index (Phi) is 3.94. The molecule has 16 heavy (non-hydrogen) atoms. The lowest BCUT2D eigenvalue weighted by atomic mass is 10.1. The Bertz CT molecular complexity index is 388. The largest absolute Gasteiger partial charge is 0.381 e. The number of hydrogen-bond donors (Lipinski definition) is 1. The van der Waals surface area contributed by atoms with Crippen LogP contribution < -0.4 is 5.32 Å². The van der Waals surface area contributed by atoms with E-state index in [1.54, 1.807) is 0 Å². The van der Waals surface area contributed by atoms with E-state index in [-0.39, 0.29) is 5.91 Å². The zero-order valence-electron chi connectivity index (χ0n) is 8.96. The predicted octanol–water partition coefficient (Wildman–Crippen LogP) is 1.98. The molecule has 88 valence electrons. The number of ether oxygens (including phenoxy) is 1. The first-order valence-corrected chi connectivity index (χ1v) is 6.76. The van der Waals surface area contributed by atoms with Crippen molar-refractivity contribution in [2.75, 3.05) is 19.8 Å². The van der Waals surface area contributed by atoms with Crippen molar-refractivity contribution in [2.24, 2.45) is 5.92 Å². The van der Waals surface area contributed by atoms with Crippen molar-refractivity contribution < 1.29 is 9.53 Å². The Morgan fingerprint density at radius 1 is 1.75 bits per heavy atom. The zero-order valence-corrected chi connectivity index (χ0v) is 11.4. The molecule has 1 aromatic heterocycles. The maximum absolute atomic E-state index is 11.8. The quantitative estimate of drug-likeness (QED) is 0.929. The first kappa shape index (κ1) is 12.0. The Hall–Kier alpha value is -0.460. The summed E-state index contributed by atoms with van der Waals surface area (Å²) in [5, 5.41) is 2.90. The lowest BCUT2D eigenvalue weighted by Crippen LogP contribution is -2.30. The fraction of sp³-hybridized carbons (Fsp3) is 0.600. The van der Waals surface area contributed by atoms with Crippen LogP contribution in [0, 0.1) is 12.8 Å². The van der Waals surface area contributed by atoms with Crippen LogP contribution in [0.25, 0.3) is 0 Å². The third-order valence-corrected chi connectivity index (χ3v) is 3.98. The average Bonchev–Trinajstić information content (AvgIpc) is 2.84. The number of amides is 1. The average molecular weight is 305 g/mol. The van der Waals surface area contributed by atoms with E-state index >= 15 is 0 Å². The summed E-state index contributed by atoms with van der Waals surface area (Å²) in [6.45, 7) is 4.13. The number of nitrogens with one attached hydrogen (secondary N) is 1. The van der Waals surface area contributed by atoms with Crippen LogP contribution in [-0.2, 0) is 4.74 Å². The molecule has 0 saturated carbocycles. The summed E-state index contributed by atoms with van der Waals surface area (Å²) in [5.74, 6) is 0.359. The number of hydrogen-bond acceptors (Lipinski definition) is 4. The molecule has 1 atom stereocenters. The second-order valence-corrected chi connectivity index (χ2v) is 6.29. The molecule has 1 fully saturated rings. The highest BCUT2D eigenvalue weighted by Gasteiger charge is 2.19. The molecule has 2 rings (SSSR count). The lowest BCUT2D eigenvalue weighted by molar-refractivity contribution is 0.0940. The number of carbonyl (C=O) groups excluding carboxylic acids is 1. The van der Waals surface area contributed by atoms with Gasteiger partial charge in [-0.3, -0.25) is 4.79 Å². The van der Waals surface area contributed by atoms with Crippen molar-refractivity contribution in [1.82, 2.24) is 10.3 Å². The van der Waals surface area contributed by atoms with E-state index in [2.05, 4.69) is 26.2 Å². The van der Waals surface area contributed by atoms with Crippen LogP contribution in [0.4, 0.5) is 0 Å². The molecule has 0 spiro atoms. The van der Waals surface area contributed by atoms with Gasteiger partial charge in [0.25, 0.3) is 5.91 Å². The topological polar surface area (TPSA) is 51.2 Å². The third kappa shape index (κ3) is 2.81. The highest BCUT2D eigenvalue weighted by Crippen LogP contribution is 2.22.